The van der Waals surface area contributed by atoms with Gasteiger partial charge in [-0.05, 0) is 36.4 Å². The summed E-state index contributed by atoms with van der Waals surface area (Å²) in [6.07, 6.45) is 3.65. The van der Waals surface area contributed by atoms with Crippen molar-refractivity contribution in [3.05, 3.63) is 134 Å². The molecule has 0 unspecified atom stereocenters. The molecular weight excluding hydrogens is 625 g/mol. The summed E-state index contributed by atoms with van der Waals surface area (Å²) in [4.78, 5) is 20.7. The van der Waals surface area contributed by atoms with Crippen molar-refractivity contribution >= 4 is 107 Å². The Bertz CT molecular complexity index is 2930. The molecule has 0 saturated heterocycles. The van der Waals surface area contributed by atoms with E-state index < -0.39 is 0 Å². The van der Waals surface area contributed by atoms with Crippen LogP contribution in [0.3, 0.4) is 0 Å². The summed E-state index contributed by atoms with van der Waals surface area (Å²) in [7, 11) is 0. The zero-order valence-electron chi connectivity index (χ0n) is 25.3. The van der Waals surface area contributed by atoms with Crippen LogP contribution < -0.4 is 0 Å². The highest BCUT2D eigenvalue weighted by Crippen LogP contribution is 2.46. The summed E-state index contributed by atoms with van der Waals surface area (Å²) in [6.45, 7) is 0. The van der Waals surface area contributed by atoms with Gasteiger partial charge in [0.25, 0.3) is 0 Å². The Morgan fingerprint density at radius 3 is 1.25 bits per heavy atom. The van der Waals surface area contributed by atoms with E-state index in [1.54, 1.807) is 0 Å². The molecule has 222 valence electrons. The van der Waals surface area contributed by atoms with Gasteiger partial charge in [0, 0.05) is 85.8 Å². The lowest BCUT2D eigenvalue weighted by molar-refractivity contribution is 1.36. The Hall–Kier alpha value is -5.82. The molecule has 6 heteroatoms. The molecule has 6 aromatic carbocycles. The molecular formula is C42H22N4S2. The lowest BCUT2D eigenvalue weighted by Gasteiger charge is -2.15. The Balaban J connectivity index is 1.32. The van der Waals surface area contributed by atoms with Crippen molar-refractivity contribution in [2.75, 3.05) is 0 Å². The summed E-state index contributed by atoms with van der Waals surface area (Å²) < 4.78 is 5.08. The third kappa shape index (κ3) is 3.58. The first-order chi connectivity index (χ1) is 23.8. The molecule has 48 heavy (non-hydrogen) atoms. The van der Waals surface area contributed by atoms with Crippen molar-refractivity contribution in [2.45, 2.75) is 0 Å². The molecule has 0 radical (unpaired) electrons. The molecule has 5 heterocycles. The molecule has 0 spiro atoms. The van der Waals surface area contributed by atoms with Gasteiger partial charge < -0.3 is 0 Å². The van der Waals surface area contributed by atoms with Gasteiger partial charge in [0.15, 0.2) is 0 Å². The van der Waals surface area contributed by atoms with Crippen molar-refractivity contribution in [3.8, 4) is 22.3 Å². The molecule has 11 aromatic rings. The molecule has 0 aliphatic rings. The van der Waals surface area contributed by atoms with Crippen molar-refractivity contribution in [3.63, 3.8) is 0 Å². The van der Waals surface area contributed by atoms with Crippen LogP contribution in [0.5, 0.6) is 0 Å². The minimum atomic E-state index is 0.841. The molecule has 5 aromatic heterocycles. The predicted octanol–water partition coefficient (Wildman–Crippen LogP) is 11.9. The summed E-state index contributed by atoms with van der Waals surface area (Å²) in [5.41, 5.74) is 9.63. The number of aromatic nitrogens is 4. The van der Waals surface area contributed by atoms with E-state index in [2.05, 4.69) is 109 Å². The first kappa shape index (κ1) is 26.3. The van der Waals surface area contributed by atoms with Crippen LogP contribution in [-0.2, 0) is 0 Å². The molecule has 4 nitrogen and oxygen atoms in total. The third-order valence-corrected chi connectivity index (χ3v) is 12.0. The molecule has 0 N–H and O–H groups in total. The van der Waals surface area contributed by atoms with Gasteiger partial charge in [-0.2, -0.15) is 0 Å². The highest BCUT2D eigenvalue weighted by Gasteiger charge is 2.21. The van der Waals surface area contributed by atoms with E-state index in [1.807, 2.05) is 47.2 Å². The van der Waals surface area contributed by atoms with Gasteiger partial charge in [-0.25, -0.2) is 9.97 Å². The van der Waals surface area contributed by atoms with Gasteiger partial charge in [-0.15, -0.1) is 22.7 Å². The number of pyridine rings is 2. The molecule has 0 aliphatic carbocycles. The van der Waals surface area contributed by atoms with Crippen LogP contribution >= 0.6 is 22.7 Å². The predicted molar refractivity (Wildman–Crippen MR) is 204 cm³/mol. The van der Waals surface area contributed by atoms with Crippen LogP contribution in [0, 0.1) is 0 Å². The van der Waals surface area contributed by atoms with Gasteiger partial charge >= 0.3 is 0 Å². The maximum absolute atomic E-state index is 5.58. The number of rotatable bonds is 2. The number of hydrogen-bond donors (Lipinski definition) is 0. The standard InChI is InChI=1S/C42H22N4S2/c1-3-17-33-23(9-1)27-11-5-13-29(41(27)47-33)25-19-20-26(30-14-6-12-28-24-10-2-4-18-34(24)48-42(28)30)38-37(25)45-39-31-15-7-21-43-35(31)36-32(40(39)46-38)16-8-22-44-36/h1-22H. The second kappa shape index (κ2) is 9.84. The lowest BCUT2D eigenvalue weighted by atomic mass is 9.95. The molecule has 0 atom stereocenters. The molecule has 0 aliphatic heterocycles. The van der Waals surface area contributed by atoms with E-state index in [9.17, 15) is 0 Å². The van der Waals surface area contributed by atoms with E-state index in [4.69, 9.17) is 19.9 Å². The zero-order chi connectivity index (χ0) is 31.3. The summed E-state index contributed by atoms with van der Waals surface area (Å²) >= 11 is 3.68. The van der Waals surface area contributed by atoms with Gasteiger partial charge in [0.05, 0.1) is 33.1 Å². The Morgan fingerprint density at radius 2 is 0.750 bits per heavy atom. The quantitative estimate of drug-likeness (QED) is 0.139. The van der Waals surface area contributed by atoms with Crippen LogP contribution in [0.1, 0.15) is 0 Å². The summed E-state index contributed by atoms with van der Waals surface area (Å²) in [6, 6.07) is 43.2. The van der Waals surface area contributed by atoms with E-state index >= 15 is 0 Å². The van der Waals surface area contributed by atoms with Crippen LogP contribution in [0.15, 0.2) is 134 Å². The third-order valence-electron chi connectivity index (χ3n) is 9.56. The Kier molecular flexibility index (Phi) is 5.39. The maximum atomic E-state index is 5.58. The average Bonchev–Trinajstić information content (AvgIpc) is 3.73. The zero-order valence-corrected chi connectivity index (χ0v) is 26.9. The molecule has 11 rings (SSSR count). The minimum absolute atomic E-state index is 0.841. The van der Waals surface area contributed by atoms with Crippen molar-refractivity contribution in [1.82, 2.24) is 19.9 Å². The van der Waals surface area contributed by atoms with Gasteiger partial charge in [-0.1, -0.05) is 84.9 Å². The Labute approximate surface area is 281 Å². The second-order valence-corrected chi connectivity index (χ2v) is 14.2. The largest absolute Gasteiger partial charge is 0.254 e. The average molecular weight is 647 g/mol. The van der Waals surface area contributed by atoms with Crippen LogP contribution in [0.2, 0.25) is 0 Å². The lowest BCUT2D eigenvalue weighted by Crippen LogP contribution is -1.97. The van der Waals surface area contributed by atoms with Crippen LogP contribution in [-0.4, -0.2) is 19.9 Å². The van der Waals surface area contributed by atoms with Crippen molar-refractivity contribution < 1.29 is 0 Å². The van der Waals surface area contributed by atoms with E-state index in [-0.39, 0.29) is 0 Å². The normalized spacial score (nSPS) is 12.2. The van der Waals surface area contributed by atoms with E-state index in [0.29, 0.717) is 0 Å². The van der Waals surface area contributed by atoms with E-state index in [0.717, 1.165) is 55.0 Å². The van der Waals surface area contributed by atoms with Gasteiger partial charge in [0.1, 0.15) is 0 Å². The second-order valence-electron chi connectivity index (χ2n) is 12.1. The van der Waals surface area contributed by atoms with Crippen molar-refractivity contribution in [1.29, 1.82) is 0 Å². The van der Waals surface area contributed by atoms with Crippen LogP contribution in [0.4, 0.5) is 0 Å². The number of thiophene rings is 2. The fraction of sp³-hybridized carbons (Fsp3) is 0. The van der Waals surface area contributed by atoms with Crippen molar-refractivity contribution in [2.24, 2.45) is 0 Å². The topological polar surface area (TPSA) is 51.6 Å². The SMILES string of the molecule is c1ccc2c(c1)sc1c(-c3ccc(-c4cccc5c4sc4ccccc45)c4nc5c6cccnc6c6ncccc6c5nc34)cccc12. The smallest absolute Gasteiger partial charge is 0.0996 e. The summed E-state index contributed by atoms with van der Waals surface area (Å²) in [5, 5.41) is 7.00. The highest BCUT2D eigenvalue weighted by molar-refractivity contribution is 7.26. The van der Waals surface area contributed by atoms with E-state index in [1.165, 1.54) is 51.5 Å². The van der Waals surface area contributed by atoms with Gasteiger partial charge in [-0.3, -0.25) is 9.97 Å². The first-order valence-electron chi connectivity index (χ1n) is 15.9. The fourth-order valence-electron chi connectivity index (χ4n) is 7.43. The van der Waals surface area contributed by atoms with Crippen LogP contribution in [0.25, 0.3) is 106 Å². The Morgan fingerprint density at radius 1 is 0.312 bits per heavy atom. The van der Waals surface area contributed by atoms with Gasteiger partial charge in [0.2, 0.25) is 0 Å². The molecule has 0 saturated carbocycles. The number of benzene rings is 6. The highest BCUT2D eigenvalue weighted by atomic mass is 32.1. The fourth-order valence-corrected chi connectivity index (χ4v) is 9.90. The first-order valence-corrected chi connectivity index (χ1v) is 17.5. The minimum Gasteiger partial charge on any atom is -0.254 e. The maximum Gasteiger partial charge on any atom is 0.0996 e. The summed E-state index contributed by atoms with van der Waals surface area (Å²) in [5.74, 6) is 0. The number of nitrogens with zero attached hydrogens (tertiary/aromatic N) is 4. The number of hydrogen-bond acceptors (Lipinski definition) is 6. The molecule has 0 fully saturated rings. The number of fused-ring (bicyclic) bond motifs is 13. The molecule has 0 amide bonds. The molecule has 0 bridgehead atoms. The monoisotopic (exact) mass is 646 g/mol.